The molecule has 39 heavy (non-hydrogen) atoms. The summed E-state index contributed by atoms with van der Waals surface area (Å²) in [6.07, 6.45) is 13.4. The average Bonchev–Trinajstić information content (AvgIpc) is 2.88. The van der Waals surface area contributed by atoms with Gasteiger partial charge >= 0.3 is 25.8 Å². The van der Waals surface area contributed by atoms with Crippen molar-refractivity contribution in [3.63, 3.8) is 0 Å². The first-order valence-electron chi connectivity index (χ1n) is 14.1. The van der Waals surface area contributed by atoms with Gasteiger partial charge in [0.2, 0.25) is 0 Å². The highest BCUT2D eigenvalue weighted by Gasteiger charge is 2.41. The van der Waals surface area contributed by atoms with Crippen LogP contribution in [0.5, 0.6) is 0 Å². The Labute approximate surface area is 237 Å². The van der Waals surface area contributed by atoms with Crippen molar-refractivity contribution in [1.29, 1.82) is 0 Å². The first kappa shape index (κ1) is 39.8. The summed E-state index contributed by atoms with van der Waals surface area (Å²) in [6.45, 7) is 1.36. The van der Waals surface area contributed by atoms with Gasteiger partial charge in [-0.15, -0.1) is 0 Å². The van der Waals surface area contributed by atoms with Crippen LogP contribution in [0.4, 0.5) is 0 Å². The lowest BCUT2D eigenvalue weighted by Crippen LogP contribution is -2.49. The van der Waals surface area contributed by atoms with Crippen LogP contribution in [-0.2, 0) is 18.3 Å². The van der Waals surface area contributed by atoms with Gasteiger partial charge in [-0.05, 0) is 6.42 Å². The van der Waals surface area contributed by atoms with E-state index in [9.17, 15) is 39.6 Å². The van der Waals surface area contributed by atoms with Crippen LogP contribution in [0.1, 0.15) is 110 Å². The summed E-state index contributed by atoms with van der Waals surface area (Å²) in [5, 5.41) is 19.3. The van der Waals surface area contributed by atoms with Gasteiger partial charge in [-0.2, -0.15) is 0 Å². The van der Waals surface area contributed by atoms with E-state index in [-0.39, 0.29) is 6.61 Å². The number of rotatable bonds is 29. The maximum atomic E-state index is 10.0. The molecule has 0 saturated carbocycles. The smallest absolute Gasteiger partial charge is 0.327 e. The average molecular weight is 627 g/mol. The zero-order valence-electron chi connectivity index (χ0n) is 23.3. The monoisotopic (exact) mass is 626 g/mol. The van der Waals surface area contributed by atoms with Crippen LogP contribution >= 0.6 is 25.8 Å². The molecule has 0 aliphatic rings. The molecule has 8 N–H and O–H groups in total. The van der Waals surface area contributed by atoms with Crippen LogP contribution in [0.15, 0.2) is 0 Å². The Morgan fingerprint density at radius 3 is 1.31 bits per heavy atom. The van der Waals surface area contributed by atoms with Gasteiger partial charge in [0.1, 0.15) is 24.4 Å². The molecule has 12 nitrogen and oxygen atoms in total. The molecule has 0 aliphatic heterocycles. The van der Waals surface area contributed by atoms with Crippen LogP contribution < -0.4 is 0 Å². The number of hydrogen-bond acceptors (Lipinski definition) is 12. The van der Waals surface area contributed by atoms with Crippen molar-refractivity contribution in [1.82, 2.24) is 0 Å². The number of unbranched alkanes of at least 4 members (excludes halogenated alkanes) is 15. The normalized spacial score (nSPS) is 15.4. The van der Waals surface area contributed by atoms with Crippen molar-refractivity contribution in [3.8, 4) is 0 Å². The van der Waals surface area contributed by atoms with E-state index in [4.69, 9.17) is 18.3 Å². The number of aliphatic hydroxyl groups is 2. The summed E-state index contributed by atoms with van der Waals surface area (Å²) in [7, 11) is -9.03. The Balaban J connectivity index is 4.21. The molecule has 0 heterocycles. The molecule has 0 fully saturated rings. The Morgan fingerprint density at radius 2 is 0.923 bits per heavy atom. The summed E-state index contributed by atoms with van der Waals surface area (Å²) < 4.78 is 20.3. The molecule has 0 bridgehead atoms. The summed E-state index contributed by atoms with van der Waals surface area (Å²) in [5.41, 5.74) is 0. The van der Waals surface area contributed by atoms with Gasteiger partial charge in [-0.25, -0.2) is 0 Å². The summed E-state index contributed by atoms with van der Waals surface area (Å²) in [6, 6.07) is 0. The molecule has 0 radical (unpaired) electrons. The minimum absolute atomic E-state index is 0.306. The highest BCUT2D eigenvalue weighted by Crippen LogP contribution is 2.39. The fourth-order valence-electron chi connectivity index (χ4n) is 4.27. The standard InChI is InChI=1S/C24H53O12P3/c1-2-3-4-5-6-7-8-9-10-11-12-13-14-15-16-17-18-33-20-22(34-37(27)28)24(36-39(31)32)23(21(26)19-25)35-38(29)30/h21-32H,2-20H2,1H3/t21-,22+,23-,24-/m1/s1. The lowest BCUT2D eigenvalue weighted by Gasteiger charge is -2.34. The predicted molar refractivity (Wildman–Crippen MR) is 152 cm³/mol. The number of hydrogen-bond donors (Lipinski definition) is 8. The van der Waals surface area contributed by atoms with E-state index >= 15 is 0 Å². The Morgan fingerprint density at radius 1 is 0.538 bits per heavy atom. The van der Waals surface area contributed by atoms with Gasteiger partial charge in [0.25, 0.3) is 0 Å². The topological polar surface area (TPSA) is 199 Å². The lowest BCUT2D eigenvalue weighted by atomic mass is 10.0. The second-order valence-electron chi connectivity index (χ2n) is 9.67. The molecule has 0 aromatic rings. The fourth-order valence-corrected chi connectivity index (χ4v) is 5.64. The molecule has 0 saturated heterocycles. The first-order valence-corrected chi connectivity index (χ1v) is 17.6. The third kappa shape index (κ3) is 24.0. The van der Waals surface area contributed by atoms with Crippen LogP contribution in [0, 0.1) is 0 Å². The van der Waals surface area contributed by atoms with E-state index in [0.29, 0.717) is 6.61 Å². The second-order valence-corrected chi connectivity index (χ2v) is 11.8. The van der Waals surface area contributed by atoms with Gasteiger partial charge in [0.05, 0.1) is 13.2 Å². The van der Waals surface area contributed by atoms with E-state index in [1.807, 2.05) is 0 Å². The Kier molecular flexibility index (Phi) is 28.2. The Bertz CT molecular complexity index is 523. The van der Waals surface area contributed by atoms with Gasteiger partial charge < -0.3 is 57.9 Å². The van der Waals surface area contributed by atoms with Gasteiger partial charge in [0.15, 0.2) is 0 Å². The van der Waals surface area contributed by atoms with Crippen LogP contribution in [0.3, 0.4) is 0 Å². The molecule has 15 heteroatoms. The molecule has 0 unspecified atom stereocenters. The molecule has 236 valence electrons. The van der Waals surface area contributed by atoms with Crippen molar-refractivity contribution in [2.45, 2.75) is 134 Å². The molecule has 0 amide bonds. The Hall–Kier alpha value is 0.810. The second kappa shape index (κ2) is 27.6. The third-order valence-electron chi connectivity index (χ3n) is 6.34. The molecule has 4 atom stereocenters. The van der Waals surface area contributed by atoms with Gasteiger partial charge in [0, 0.05) is 6.61 Å². The van der Waals surface area contributed by atoms with Crippen molar-refractivity contribution < 1.29 is 57.9 Å². The van der Waals surface area contributed by atoms with Crippen molar-refractivity contribution in [2.75, 3.05) is 19.8 Å². The SMILES string of the molecule is CCCCCCCCCCCCCCCCCCOC[C@H](OP(O)O)[C@@H](OP(O)O)[C@H](OP(O)O)[C@H](O)CO. The maximum absolute atomic E-state index is 10.0. The van der Waals surface area contributed by atoms with Crippen molar-refractivity contribution >= 4 is 25.8 Å². The van der Waals surface area contributed by atoms with Crippen molar-refractivity contribution in [2.24, 2.45) is 0 Å². The molecule has 0 rings (SSSR count). The molecule has 0 aromatic carbocycles. The van der Waals surface area contributed by atoms with E-state index in [1.54, 1.807) is 0 Å². The third-order valence-corrected chi connectivity index (χ3v) is 7.67. The highest BCUT2D eigenvalue weighted by molar-refractivity contribution is 7.40. The minimum atomic E-state index is -3.05. The highest BCUT2D eigenvalue weighted by atomic mass is 31.2. The van der Waals surface area contributed by atoms with Gasteiger partial charge in [-0.3, -0.25) is 0 Å². The molecular weight excluding hydrogens is 573 g/mol. The lowest BCUT2D eigenvalue weighted by molar-refractivity contribution is -0.109. The summed E-state index contributed by atoms with van der Waals surface area (Å²) in [4.78, 5) is 55.8. The minimum Gasteiger partial charge on any atom is -0.394 e. The van der Waals surface area contributed by atoms with Crippen molar-refractivity contribution in [3.05, 3.63) is 0 Å². The first-order chi connectivity index (χ1) is 18.7. The summed E-state index contributed by atoms with van der Waals surface area (Å²) in [5.74, 6) is 0. The van der Waals surface area contributed by atoms with Gasteiger partial charge in [-0.1, -0.05) is 103 Å². The largest absolute Gasteiger partial charge is 0.394 e. The fraction of sp³-hybridized carbons (Fsp3) is 1.00. The van der Waals surface area contributed by atoms with E-state index in [2.05, 4.69) is 6.92 Å². The quantitative estimate of drug-likeness (QED) is 0.0431. The van der Waals surface area contributed by atoms with Crippen LogP contribution in [0.25, 0.3) is 0 Å². The molecule has 0 spiro atoms. The van der Waals surface area contributed by atoms with E-state index in [1.165, 1.54) is 77.0 Å². The summed E-state index contributed by atoms with van der Waals surface area (Å²) >= 11 is 0. The predicted octanol–water partition coefficient (Wildman–Crippen LogP) is 4.41. The maximum Gasteiger partial charge on any atom is 0.327 e. The van der Waals surface area contributed by atoms with E-state index < -0.39 is 56.8 Å². The van der Waals surface area contributed by atoms with Crippen LogP contribution in [0.2, 0.25) is 0 Å². The number of aliphatic hydroxyl groups excluding tert-OH is 2. The van der Waals surface area contributed by atoms with Crippen LogP contribution in [-0.4, -0.2) is 83.8 Å². The zero-order chi connectivity index (χ0) is 29.3. The van der Waals surface area contributed by atoms with E-state index in [0.717, 1.165) is 25.7 Å². The molecule has 0 aromatic heterocycles. The molecule has 0 aliphatic carbocycles. The zero-order valence-corrected chi connectivity index (χ0v) is 26.0. The number of ether oxygens (including phenoxy) is 1. The molecular formula is C24H53O12P3.